The fourth-order valence-electron chi connectivity index (χ4n) is 2.36. The Morgan fingerprint density at radius 1 is 1.20 bits per heavy atom. The largest absolute Gasteiger partial charge is 0.388 e. The summed E-state index contributed by atoms with van der Waals surface area (Å²) >= 11 is 6.07. The second-order valence-corrected chi connectivity index (χ2v) is 5.22. The molecule has 2 aromatic rings. The molecule has 2 aromatic carbocycles. The van der Waals surface area contributed by atoms with Crippen molar-refractivity contribution in [3.63, 3.8) is 0 Å². The number of rotatable bonds is 4. The number of halogens is 2. The van der Waals surface area contributed by atoms with Crippen LogP contribution in [0.2, 0.25) is 5.02 Å². The fraction of sp³-hybridized carbons (Fsp3) is 0.250. The summed E-state index contributed by atoms with van der Waals surface area (Å²) < 4.78 is 13.1. The van der Waals surface area contributed by atoms with Gasteiger partial charge in [0.1, 0.15) is 5.82 Å². The summed E-state index contributed by atoms with van der Waals surface area (Å²) in [6.07, 6.45) is -0.774. The Balaban J connectivity index is 2.39. The molecule has 2 rings (SSSR count). The first-order valence-electron chi connectivity index (χ1n) is 6.43. The molecule has 20 heavy (non-hydrogen) atoms. The molecule has 0 aliphatic rings. The van der Waals surface area contributed by atoms with Gasteiger partial charge in [0.05, 0.1) is 6.10 Å². The van der Waals surface area contributed by atoms with Gasteiger partial charge < -0.3 is 10.8 Å². The van der Waals surface area contributed by atoms with Gasteiger partial charge in [-0.25, -0.2) is 4.39 Å². The van der Waals surface area contributed by atoms with E-state index in [0.29, 0.717) is 5.56 Å². The summed E-state index contributed by atoms with van der Waals surface area (Å²) in [6.45, 7) is 2.15. The van der Waals surface area contributed by atoms with E-state index < -0.39 is 11.9 Å². The highest BCUT2D eigenvalue weighted by Crippen LogP contribution is 2.35. The van der Waals surface area contributed by atoms with E-state index in [9.17, 15) is 9.50 Å². The molecule has 0 saturated carbocycles. The molecule has 2 nitrogen and oxygen atoms in total. The first-order chi connectivity index (χ1) is 9.54. The average molecular weight is 294 g/mol. The third-order valence-electron chi connectivity index (χ3n) is 3.50. The molecule has 0 bridgehead atoms. The van der Waals surface area contributed by atoms with Crippen molar-refractivity contribution >= 4 is 11.6 Å². The van der Waals surface area contributed by atoms with Crippen molar-refractivity contribution in [2.45, 2.75) is 18.9 Å². The lowest BCUT2D eigenvalue weighted by Crippen LogP contribution is -2.21. The highest BCUT2D eigenvalue weighted by molar-refractivity contribution is 6.31. The Kier molecular flexibility index (Phi) is 4.76. The van der Waals surface area contributed by atoms with E-state index in [0.717, 1.165) is 11.1 Å². The number of aryl methyl sites for hydroxylation is 1. The molecule has 0 fully saturated rings. The second-order valence-electron chi connectivity index (χ2n) is 4.81. The van der Waals surface area contributed by atoms with Gasteiger partial charge in [-0.15, -0.1) is 0 Å². The van der Waals surface area contributed by atoms with Crippen molar-refractivity contribution in [2.24, 2.45) is 5.73 Å². The van der Waals surface area contributed by atoms with Crippen LogP contribution in [0.1, 0.15) is 28.7 Å². The number of aliphatic hydroxyl groups is 1. The monoisotopic (exact) mass is 293 g/mol. The number of benzene rings is 2. The van der Waals surface area contributed by atoms with E-state index in [4.69, 9.17) is 17.3 Å². The maximum absolute atomic E-state index is 13.1. The molecular weight excluding hydrogens is 277 g/mol. The van der Waals surface area contributed by atoms with Crippen molar-refractivity contribution in [1.29, 1.82) is 0 Å². The topological polar surface area (TPSA) is 46.2 Å². The molecule has 0 aliphatic heterocycles. The Hall–Kier alpha value is -1.42. The van der Waals surface area contributed by atoms with Crippen LogP contribution in [0.3, 0.4) is 0 Å². The first-order valence-corrected chi connectivity index (χ1v) is 6.81. The van der Waals surface area contributed by atoms with Gasteiger partial charge >= 0.3 is 0 Å². The summed E-state index contributed by atoms with van der Waals surface area (Å²) in [4.78, 5) is 0. The van der Waals surface area contributed by atoms with E-state index >= 15 is 0 Å². The van der Waals surface area contributed by atoms with E-state index in [-0.39, 0.29) is 17.5 Å². The molecule has 0 radical (unpaired) electrons. The van der Waals surface area contributed by atoms with Gasteiger partial charge in [0.15, 0.2) is 0 Å². The van der Waals surface area contributed by atoms with Crippen molar-refractivity contribution in [3.05, 3.63) is 70.0 Å². The smallest absolute Gasteiger partial charge is 0.124 e. The molecule has 2 unspecified atom stereocenters. The lowest BCUT2D eigenvalue weighted by atomic mass is 9.87. The highest BCUT2D eigenvalue weighted by Gasteiger charge is 2.24. The predicted molar refractivity (Wildman–Crippen MR) is 79.3 cm³/mol. The molecule has 106 valence electrons. The number of nitrogens with two attached hydrogens (primary N) is 1. The molecule has 0 aromatic heterocycles. The standard InChI is InChI=1S/C16H17ClFNO/c1-10-4-2-3-5-12(10)16(20)14(9-19)13-7-6-11(18)8-15(13)17/h2-8,14,16,20H,9,19H2,1H3. The van der Waals surface area contributed by atoms with Crippen molar-refractivity contribution in [2.75, 3.05) is 6.54 Å². The molecule has 0 spiro atoms. The second kappa shape index (κ2) is 6.35. The molecule has 0 saturated heterocycles. The maximum atomic E-state index is 13.1. The predicted octanol–water partition coefficient (Wildman–Crippen LogP) is 3.56. The van der Waals surface area contributed by atoms with Crippen LogP contribution in [0.15, 0.2) is 42.5 Å². The lowest BCUT2D eigenvalue weighted by Gasteiger charge is -2.24. The third-order valence-corrected chi connectivity index (χ3v) is 3.83. The van der Waals surface area contributed by atoms with Gasteiger partial charge in [-0.2, -0.15) is 0 Å². The molecule has 0 aliphatic carbocycles. The van der Waals surface area contributed by atoms with Gasteiger partial charge in [0.25, 0.3) is 0 Å². The van der Waals surface area contributed by atoms with Crippen LogP contribution in [-0.2, 0) is 0 Å². The molecule has 4 heteroatoms. The molecular formula is C16H17ClFNO. The normalized spacial score (nSPS) is 14.1. The molecule has 3 N–H and O–H groups in total. The highest BCUT2D eigenvalue weighted by atomic mass is 35.5. The summed E-state index contributed by atoms with van der Waals surface area (Å²) in [5.41, 5.74) is 8.24. The van der Waals surface area contributed by atoms with Crippen molar-refractivity contribution in [3.8, 4) is 0 Å². The van der Waals surface area contributed by atoms with Crippen LogP contribution in [-0.4, -0.2) is 11.7 Å². The maximum Gasteiger partial charge on any atom is 0.124 e. The van der Waals surface area contributed by atoms with Crippen LogP contribution >= 0.6 is 11.6 Å². The quantitative estimate of drug-likeness (QED) is 0.905. The summed E-state index contributed by atoms with van der Waals surface area (Å²) in [5, 5.41) is 10.9. The fourth-order valence-corrected chi connectivity index (χ4v) is 2.67. The average Bonchev–Trinajstić information content (AvgIpc) is 2.42. The van der Waals surface area contributed by atoms with Crippen molar-refractivity contribution < 1.29 is 9.50 Å². The first kappa shape index (κ1) is 15.0. The van der Waals surface area contributed by atoms with Crippen molar-refractivity contribution in [1.82, 2.24) is 0 Å². The van der Waals surface area contributed by atoms with Gasteiger partial charge in [0, 0.05) is 17.5 Å². The molecule has 2 atom stereocenters. The summed E-state index contributed by atoms with van der Waals surface area (Å²) in [7, 11) is 0. The lowest BCUT2D eigenvalue weighted by molar-refractivity contribution is 0.147. The third kappa shape index (κ3) is 3.01. The van der Waals surface area contributed by atoms with Gasteiger partial charge in [-0.1, -0.05) is 41.9 Å². The number of hydrogen-bond acceptors (Lipinski definition) is 2. The van der Waals surface area contributed by atoms with E-state index in [1.165, 1.54) is 12.1 Å². The molecule has 0 amide bonds. The van der Waals surface area contributed by atoms with E-state index in [2.05, 4.69) is 0 Å². The number of hydrogen-bond donors (Lipinski definition) is 2. The number of aliphatic hydroxyl groups excluding tert-OH is 1. The van der Waals surface area contributed by atoms with Gasteiger partial charge in [-0.3, -0.25) is 0 Å². The van der Waals surface area contributed by atoms with E-state index in [1.807, 2.05) is 31.2 Å². The van der Waals surface area contributed by atoms with Crippen LogP contribution in [0, 0.1) is 12.7 Å². The zero-order chi connectivity index (χ0) is 14.7. The Bertz CT molecular complexity index is 603. The SMILES string of the molecule is Cc1ccccc1C(O)C(CN)c1ccc(F)cc1Cl. The zero-order valence-electron chi connectivity index (χ0n) is 11.2. The van der Waals surface area contributed by atoms with Crippen LogP contribution in [0.5, 0.6) is 0 Å². The summed E-state index contributed by atoms with van der Waals surface area (Å²) in [5.74, 6) is -0.774. The van der Waals surface area contributed by atoms with Crippen LogP contribution in [0.25, 0.3) is 0 Å². The summed E-state index contributed by atoms with van der Waals surface area (Å²) in [6, 6.07) is 11.7. The zero-order valence-corrected chi connectivity index (χ0v) is 11.9. The van der Waals surface area contributed by atoms with Crippen LogP contribution < -0.4 is 5.73 Å². The van der Waals surface area contributed by atoms with Gasteiger partial charge in [0.2, 0.25) is 0 Å². The minimum absolute atomic E-state index is 0.223. The Labute approximate surface area is 123 Å². The van der Waals surface area contributed by atoms with E-state index in [1.54, 1.807) is 6.07 Å². The Morgan fingerprint density at radius 3 is 2.50 bits per heavy atom. The van der Waals surface area contributed by atoms with Gasteiger partial charge in [-0.05, 0) is 35.7 Å². The minimum Gasteiger partial charge on any atom is -0.388 e. The minimum atomic E-state index is -0.774. The van der Waals surface area contributed by atoms with Crippen LogP contribution in [0.4, 0.5) is 4.39 Å². The Morgan fingerprint density at radius 2 is 1.90 bits per heavy atom. The molecule has 0 heterocycles.